The second-order valence-corrected chi connectivity index (χ2v) is 5.69. The highest BCUT2D eigenvalue weighted by atomic mass is 79.9. The van der Waals surface area contributed by atoms with Crippen molar-refractivity contribution in [1.82, 2.24) is 5.32 Å². The minimum Gasteiger partial charge on any atom is -0.493 e. The van der Waals surface area contributed by atoms with Crippen molar-refractivity contribution in [3.8, 4) is 5.75 Å². The van der Waals surface area contributed by atoms with Gasteiger partial charge >= 0.3 is 0 Å². The molecule has 2 nitrogen and oxygen atoms in total. The molecular formula is C16H17BrClNO. The molecule has 2 aromatic carbocycles. The lowest BCUT2D eigenvalue weighted by molar-refractivity contribution is 0.338. The Bertz CT molecular complexity index is 571. The van der Waals surface area contributed by atoms with Crippen molar-refractivity contribution >= 4 is 27.5 Å². The molecule has 2 rings (SSSR count). The van der Waals surface area contributed by atoms with Gasteiger partial charge in [0.05, 0.1) is 17.1 Å². The quantitative estimate of drug-likeness (QED) is 0.832. The summed E-state index contributed by atoms with van der Waals surface area (Å²) in [6.45, 7) is 2.63. The van der Waals surface area contributed by atoms with Crippen LogP contribution in [-0.2, 0) is 0 Å². The predicted molar refractivity (Wildman–Crippen MR) is 87.7 cm³/mol. The number of halogens is 2. The highest BCUT2D eigenvalue weighted by Crippen LogP contribution is 2.31. The highest BCUT2D eigenvalue weighted by Gasteiger charge is 2.13. The van der Waals surface area contributed by atoms with Crippen molar-refractivity contribution in [3.05, 3.63) is 63.1 Å². The van der Waals surface area contributed by atoms with E-state index in [0.717, 1.165) is 15.2 Å². The standard InChI is InChI=1S/C16H17BrClNO/c1-3-20-15-9-6-12(10-14(15)17)16(19-2)11-4-7-13(18)8-5-11/h4-10,16,19H,3H2,1-2H3. The first kappa shape index (κ1) is 15.4. The summed E-state index contributed by atoms with van der Waals surface area (Å²) in [5, 5.41) is 4.07. The van der Waals surface area contributed by atoms with E-state index in [-0.39, 0.29) is 6.04 Å². The lowest BCUT2D eigenvalue weighted by Crippen LogP contribution is -2.17. The van der Waals surface area contributed by atoms with Crippen molar-refractivity contribution in [3.63, 3.8) is 0 Å². The van der Waals surface area contributed by atoms with E-state index < -0.39 is 0 Å². The van der Waals surface area contributed by atoms with Gasteiger partial charge in [0.15, 0.2) is 0 Å². The lowest BCUT2D eigenvalue weighted by Gasteiger charge is -2.18. The zero-order valence-corrected chi connectivity index (χ0v) is 13.8. The third kappa shape index (κ3) is 3.54. The molecule has 1 atom stereocenters. The maximum Gasteiger partial charge on any atom is 0.133 e. The monoisotopic (exact) mass is 353 g/mol. The minimum absolute atomic E-state index is 0.124. The summed E-state index contributed by atoms with van der Waals surface area (Å²) in [5.74, 6) is 0.863. The van der Waals surface area contributed by atoms with Crippen LogP contribution in [0.5, 0.6) is 5.75 Å². The molecule has 20 heavy (non-hydrogen) atoms. The molecule has 1 unspecified atom stereocenters. The molecular weight excluding hydrogens is 338 g/mol. The van der Waals surface area contributed by atoms with Crippen LogP contribution in [0.25, 0.3) is 0 Å². The van der Waals surface area contributed by atoms with E-state index in [1.54, 1.807) is 0 Å². The molecule has 0 radical (unpaired) electrons. The summed E-state index contributed by atoms with van der Waals surface area (Å²) in [4.78, 5) is 0. The van der Waals surface area contributed by atoms with Crippen LogP contribution >= 0.6 is 27.5 Å². The average Bonchev–Trinajstić information content (AvgIpc) is 2.45. The molecule has 0 fully saturated rings. The Morgan fingerprint density at radius 3 is 2.35 bits per heavy atom. The molecule has 0 bridgehead atoms. The van der Waals surface area contributed by atoms with Gasteiger partial charge in [-0.2, -0.15) is 0 Å². The second-order valence-electron chi connectivity index (χ2n) is 4.40. The van der Waals surface area contributed by atoms with Crippen LogP contribution in [0.2, 0.25) is 5.02 Å². The smallest absolute Gasteiger partial charge is 0.133 e. The van der Waals surface area contributed by atoms with E-state index in [4.69, 9.17) is 16.3 Å². The Labute approximate surface area is 133 Å². The maximum absolute atomic E-state index is 5.94. The van der Waals surface area contributed by atoms with E-state index in [0.29, 0.717) is 6.61 Å². The first-order chi connectivity index (χ1) is 9.65. The van der Waals surface area contributed by atoms with E-state index in [1.165, 1.54) is 11.1 Å². The molecule has 0 heterocycles. The Balaban J connectivity index is 2.32. The minimum atomic E-state index is 0.124. The van der Waals surface area contributed by atoms with Gasteiger partial charge in [0, 0.05) is 5.02 Å². The zero-order valence-electron chi connectivity index (χ0n) is 11.5. The SMILES string of the molecule is CCOc1ccc(C(NC)c2ccc(Cl)cc2)cc1Br. The van der Waals surface area contributed by atoms with Crippen molar-refractivity contribution in [2.75, 3.05) is 13.7 Å². The molecule has 0 aromatic heterocycles. The van der Waals surface area contributed by atoms with Crippen molar-refractivity contribution in [2.24, 2.45) is 0 Å². The van der Waals surface area contributed by atoms with E-state index in [1.807, 2.05) is 44.3 Å². The summed E-state index contributed by atoms with van der Waals surface area (Å²) in [5.41, 5.74) is 2.35. The number of rotatable bonds is 5. The topological polar surface area (TPSA) is 21.3 Å². The van der Waals surface area contributed by atoms with Crippen molar-refractivity contribution in [2.45, 2.75) is 13.0 Å². The van der Waals surface area contributed by atoms with Gasteiger partial charge in [-0.05, 0) is 65.3 Å². The number of ether oxygens (including phenoxy) is 1. The van der Waals surface area contributed by atoms with Crippen LogP contribution in [0.4, 0.5) is 0 Å². The number of nitrogens with one attached hydrogen (secondary N) is 1. The van der Waals surface area contributed by atoms with Crippen LogP contribution in [-0.4, -0.2) is 13.7 Å². The van der Waals surface area contributed by atoms with E-state index in [9.17, 15) is 0 Å². The average molecular weight is 355 g/mol. The normalized spacial score (nSPS) is 12.2. The van der Waals surface area contributed by atoms with Gasteiger partial charge in [-0.25, -0.2) is 0 Å². The molecule has 0 aliphatic rings. The Morgan fingerprint density at radius 1 is 1.15 bits per heavy atom. The first-order valence-corrected chi connectivity index (χ1v) is 7.67. The van der Waals surface area contributed by atoms with Gasteiger partial charge in [-0.1, -0.05) is 29.8 Å². The fraction of sp³-hybridized carbons (Fsp3) is 0.250. The van der Waals surface area contributed by atoms with Crippen LogP contribution < -0.4 is 10.1 Å². The largest absolute Gasteiger partial charge is 0.493 e. The summed E-state index contributed by atoms with van der Waals surface area (Å²) < 4.78 is 6.51. The second kappa shape index (κ2) is 7.11. The van der Waals surface area contributed by atoms with Crippen molar-refractivity contribution in [1.29, 1.82) is 0 Å². The van der Waals surface area contributed by atoms with Gasteiger partial charge in [-0.15, -0.1) is 0 Å². The van der Waals surface area contributed by atoms with Gasteiger partial charge < -0.3 is 10.1 Å². The van der Waals surface area contributed by atoms with Crippen LogP contribution in [0.1, 0.15) is 24.1 Å². The molecule has 106 valence electrons. The molecule has 0 aliphatic carbocycles. The van der Waals surface area contributed by atoms with Gasteiger partial charge in [0.2, 0.25) is 0 Å². The summed E-state index contributed by atoms with van der Waals surface area (Å²) in [6, 6.07) is 14.2. The maximum atomic E-state index is 5.94. The third-order valence-electron chi connectivity index (χ3n) is 3.08. The van der Waals surface area contributed by atoms with Gasteiger partial charge in [0.25, 0.3) is 0 Å². The molecule has 0 spiro atoms. The zero-order chi connectivity index (χ0) is 14.5. The number of hydrogen-bond donors (Lipinski definition) is 1. The van der Waals surface area contributed by atoms with Gasteiger partial charge in [0.1, 0.15) is 5.75 Å². The first-order valence-electron chi connectivity index (χ1n) is 6.50. The Morgan fingerprint density at radius 2 is 1.80 bits per heavy atom. The summed E-state index contributed by atoms with van der Waals surface area (Å²) in [7, 11) is 1.95. The van der Waals surface area contributed by atoms with E-state index >= 15 is 0 Å². The Kier molecular flexibility index (Phi) is 5.46. The fourth-order valence-corrected chi connectivity index (χ4v) is 2.79. The van der Waals surface area contributed by atoms with Crippen LogP contribution in [0, 0.1) is 0 Å². The molecule has 1 N–H and O–H groups in total. The lowest BCUT2D eigenvalue weighted by atomic mass is 9.99. The molecule has 0 saturated carbocycles. The third-order valence-corrected chi connectivity index (χ3v) is 3.95. The van der Waals surface area contributed by atoms with Crippen LogP contribution in [0.3, 0.4) is 0 Å². The molecule has 0 saturated heterocycles. The van der Waals surface area contributed by atoms with Gasteiger partial charge in [-0.3, -0.25) is 0 Å². The molecule has 0 amide bonds. The fourth-order valence-electron chi connectivity index (χ4n) is 2.15. The summed E-state index contributed by atoms with van der Waals surface area (Å²) >= 11 is 9.50. The Hall–Kier alpha value is -1.03. The van der Waals surface area contributed by atoms with Crippen LogP contribution in [0.15, 0.2) is 46.9 Å². The number of benzene rings is 2. The van der Waals surface area contributed by atoms with E-state index in [2.05, 4.69) is 33.4 Å². The molecule has 2 aromatic rings. The highest BCUT2D eigenvalue weighted by molar-refractivity contribution is 9.10. The number of hydrogen-bond acceptors (Lipinski definition) is 2. The molecule has 0 aliphatic heterocycles. The predicted octanol–water partition coefficient (Wildman–Crippen LogP) is 4.81. The summed E-state index contributed by atoms with van der Waals surface area (Å²) in [6.07, 6.45) is 0. The van der Waals surface area contributed by atoms with Crippen molar-refractivity contribution < 1.29 is 4.74 Å². The molecule has 4 heteroatoms.